The minimum absolute atomic E-state index is 0.103. The normalized spacial score (nSPS) is 13.3. The molecular formula is C28H27N3O2. The maximum Gasteiger partial charge on any atom is 0.167 e. The highest BCUT2D eigenvalue weighted by molar-refractivity contribution is 5.97. The fourth-order valence-electron chi connectivity index (χ4n) is 4.14. The summed E-state index contributed by atoms with van der Waals surface area (Å²) in [5.41, 5.74) is 5.76. The summed E-state index contributed by atoms with van der Waals surface area (Å²) >= 11 is 0. The Bertz CT molecular complexity index is 1310. The summed E-state index contributed by atoms with van der Waals surface area (Å²) in [6, 6.07) is 21.8. The van der Waals surface area contributed by atoms with E-state index < -0.39 is 0 Å². The maximum absolute atomic E-state index is 12.7. The molecule has 3 aromatic carbocycles. The number of anilines is 1. The molecule has 0 N–H and O–H groups in total. The van der Waals surface area contributed by atoms with E-state index in [0.717, 1.165) is 51.8 Å². The van der Waals surface area contributed by atoms with Gasteiger partial charge in [-0.2, -0.15) is 5.10 Å². The molecule has 0 bridgehead atoms. The van der Waals surface area contributed by atoms with Crippen LogP contribution >= 0.6 is 0 Å². The van der Waals surface area contributed by atoms with Crippen molar-refractivity contribution in [1.29, 1.82) is 0 Å². The summed E-state index contributed by atoms with van der Waals surface area (Å²) in [6.45, 7) is 0. The van der Waals surface area contributed by atoms with Gasteiger partial charge < -0.3 is 4.90 Å². The highest BCUT2D eigenvalue weighted by Gasteiger charge is 2.29. The van der Waals surface area contributed by atoms with Crippen LogP contribution in [0.3, 0.4) is 0 Å². The van der Waals surface area contributed by atoms with Gasteiger partial charge in [-0.3, -0.25) is 9.59 Å². The Morgan fingerprint density at radius 1 is 0.909 bits per heavy atom. The van der Waals surface area contributed by atoms with Gasteiger partial charge in [0.2, 0.25) is 0 Å². The van der Waals surface area contributed by atoms with Crippen molar-refractivity contribution in [1.82, 2.24) is 9.78 Å². The number of carbonyl (C=O) groups excluding carboxylic acids is 2. The summed E-state index contributed by atoms with van der Waals surface area (Å²) in [5, 5.41) is 5.58. The Hall–Kier alpha value is -3.73. The van der Waals surface area contributed by atoms with Crippen molar-refractivity contribution < 1.29 is 9.59 Å². The van der Waals surface area contributed by atoms with Crippen molar-refractivity contribution in [3.8, 4) is 5.69 Å². The number of hydrogen-bond donors (Lipinski definition) is 0. The van der Waals surface area contributed by atoms with Crippen molar-refractivity contribution in [2.45, 2.75) is 25.7 Å². The molecule has 1 aliphatic rings. The van der Waals surface area contributed by atoms with Gasteiger partial charge in [-0.1, -0.05) is 18.2 Å². The number of carbonyl (C=O) groups is 2. The third kappa shape index (κ3) is 4.58. The van der Waals surface area contributed by atoms with Gasteiger partial charge >= 0.3 is 0 Å². The Kier molecular flexibility index (Phi) is 5.55. The zero-order valence-corrected chi connectivity index (χ0v) is 19.0. The zero-order chi connectivity index (χ0) is 22.9. The molecule has 5 heteroatoms. The molecule has 1 fully saturated rings. The predicted octanol–water partition coefficient (Wildman–Crippen LogP) is 5.04. The molecular weight excluding hydrogens is 410 g/mol. The number of hydrogen-bond acceptors (Lipinski definition) is 4. The first-order valence-corrected chi connectivity index (χ1v) is 11.4. The van der Waals surface area contributed by atoms with Crippen LogP contribution in [0.4, 0.5) is 5.69 Å². The van der Waals surface area contributed by atoms with Gasteiger partial charge in [-0.05, 0) is 72.5 Å². The predicted molar refractivity (Wildman–Crippen MR) is 131 cm³/mol. The summed E-state index contributed by atoms with van der Waals surface area (Å²) < 4.78 is 1.90. The van der Waals surface area contributed by atoms with Gasteiger partial charge in [0, 0.05) is 49.5 Å². The molecule has 1 aliphatic carbocycles. The van der Waals surface area contributed by atoms with E-state index in [9.17, 15) is 9.59 Å². The van der Waals surface area contributed by atoms with Crippen molar-refractivity contribution in [2.24, 2.45) is 5.92 Å². The third-order valence-corrected chi connectivity index (χ3v) is 6.29. The van der Waals surface area contributed by atoms with E-state index in [0.29, 0.717) is 18.6 Å². The summed E-state index contributed by atoms with van der Waals surface area (Å²) in [5.74, 6) is 0.734. The Labute approximate surface area is 193 Å². The molecule has 1 aromatic heterocycles. The second-order valence-corrected chi connectivity index (χ2v) is 9.07. The SMILES string of the molecule is CN(C)c1ccc(C(=O)Cc2ccc(-n3ncc4cc(CC(=O)C5CC5)ccc43)cc2)cc1. The van der Waals surface area contributed by atoms with Crippen LogP contribution in [0.15, 0.2) is 72.9 Å². The molecule has 4 aromatic rings. The number of fused-ring (bicyclic) bond motifs is 1. The maximum atomic E-state index is 12.7. The first kappa shape index (κ1) is 21.1. The van der Waals surface area contributed by atoms with Gasteiger partial charge in [0.1, 0.15) is 5.78 Å². The average Bonchev–Trinajstić information content (AvgIpc) is 3.60. The number of nitrogens with zero attached hydrogens (tertiary/aromatic N) is 3. The molecule has 0 amide bonds. The first-order valence-electron chi connectivity index (χ1n) is 11.4. The van der Waals surface area contributed by atoms with Gasteiger partial charge in [-0.25, -0.2) is 4.68 Å². The summed E-state index contributed by atoms with van der Waals surface area (Å²) in [7, 11) is 3.96. The average molecular weight is 438 g/mol. The molecule has 5 rings (SSSR count). The van der Waals surface area contributed by atoms with E-state index in [2.05, 4.69) is 11.2 Å². The number of ketones is 2. The Balaban J connectivity index is 1.29. The Morgan fingerprint density at radius 3 is 2.27 bits per heavy atom. The number of Topliss-reactive ketones (excluding diaryl/α,β-unsaturated/α-hetero) is 2. The molecule has 5 nitrogen and oxygen atoms in total. The van der Waals surface area contributed by atoms with Crippen LogP contribution in [0, 0.1) is 5.92 Å². The minimum Gasteiger partial charge on any atom is -0.378 e. The lowest BCUT2D eigenvalue weighted by Gasteiger charge is -2.12. The van der Waals surface area contributed by atoms with E-state index in [-0.39, 0.29) is 11.7 Å². The molecule has 0 spiro atoms. The van der Waals surface area contributed by atoms with Gasteiger partial charge in [0.05, 0.1) is 17.4 Å². The van der Waals surface area contributed by atoms with Crippen LogP contribution < -0.4 is 4.90 Å². The molecule has 1 saturated carbocycles. The van der Waals surface area contributed by atoms with Crippen molar-refractivity contribution in [3.63, 3.8) is 0 Å². The van der Waals surface area contributed by atoms with E-state index in [1.807, 2.05) is 90.5 Å². The lowest BCUT2D eigenvalue weighted by atomic mass is 10.0. The summed E-state index contributed by atoms with van der Waals surface area (Å²) in [6.07, 6.45) is 4.80. The fourth-order valence-corrected chi connectivity index (χ4v) is 4.14. The van der Waals surface area contributed by atoms with Gasteiger partial charge in [0.15, 0.2) is 5.78 Å². The fraction of sp³-hybridized carbons (Fsp3) is 0.250. The van der Waals surface area contributed by atoms with Crippen LogP contribution in [0.2, 0.25) is 0 Å². The molecule has 166 valence electrons. The van der Waals surface area contributed by atoms with Crippen molar-refractivity contribution >= 4 is 28.2 Å². The molecule has 0 saturated heterocycles. The quantitative estimate of drug-likeness (QED) is 0.363. The summed E-state index contributed by atoms with van der Waals surface area (Å²) in [4.78, 5) is 26.8. The highest BCUT2D eigenvalue weighted by Crippen LogP contribution is 2.31. The van der Waals surface area contributed by atoms with Gasteiger partial charge in [0.25, 0.3) is 0 Å². The van der Waals surface area contributed by atoms with Crippen LogP contribution in [0.1, 0.15) is 34.3 Å². The monoisotopic (exact) mass is 437 g/mol. The molecule has 0 aliphatic heterocycles. The van der Waals surface area contributed by atoms with Crippen LogP contribution in [-0.2, 0) is 17.6 Å². The topological polar surface area (TPSA) is 55.2 Å². The van der Waals surface area contributed by atoms with Crippen molar-refractivity contribution in [2.75, 3.05) is 19.0 Å². The van der Waals surface area contributed by atoms with Crippen LogP contribution in [0.25, 0.3) is 16.6 Å². The molecule has 1 heterocycles. The van der Waals surface area contributed by atoms with E-state index >= 15 is 0 Å². The lowest BCUT2D eigenvalue weighted by Crippen LogP contribution is -2.09. The van der Waals surface area contributed by atoms with E-state index in [4.69, 9.17) is 0 Å². The van der Waals surface area contributed by atoms with Crippen molar-refractivity contribution in [3.05, 3.63) is 89.6 Å². The second-order valence-electron chi connectivity index (χ2n) is 9.07. The molecule has 0 unspecified atom stereocenters. The lowest BCUT2D eigenvalue weighted by molar-refractivity contribution is -0.119. The van der Waals surface area contributed by atoms with E-state index in [1.54, 1.807) is 0 Å². The first-order chi connectivity index (χ1) is 16.0. The molecule has 0 atom stereocenters. The molecule has 33 heavy (non-hydrogen) atoms. The molecule has 0 radical (unpaired) electrons. The van der Waals surface area contributed by atoms with Crippen LogP contribution in [0.5, 0.6) is 0 Å². The smallest absolute Gasteiger partial charge is 0.167 e. The number of aromatic nitrogens is 2. The Morgan fingerprint density at radius 2 is 1.61 bits per heavy atom. The second kappa shape index (κ2) is 8.66. The number of rotatable bonds is 8. The standard InChI is InChI=1S/C28H27N3O2/c1-30(2)24-12-8-22(9-13-24)27(32)16-19-3-10-25(11-4-19)31-26-14-5-20(15-23(26)18-29-31)17-28(33)21-6-7-21/h3-5,8-15,18,21H,6-7,16-17H2,1-2H3. The third-order valence-electron chi connectivity index (χ3n) is 6.29. The highest BCUT2D eigenvalue weighted by atomic mass is 16.1. The minimum atomic E-state index is 0.103. The number of benzene rings is 3. The van der Waals surface area contributed by atoms with Gasteiger partial charge in [-0.15, -0.1) is 0 Å². The van der Waals surface area contributed by atoms with E-state index in [1.165, 1.54) is 0 Å². The zero-order valence-electron chi connectivity index (χ0n) is 19.0. The van der Waals surface area contributed by atoms with Crippen LogP contribution in [-0.4, -0.2) is 35.4 Å². The largest absolute Gasteiger partial charge is 0.378 e.